The number of aryl methyl sites for hydroxylation is 1. The number of rotatable bonds is 2. The molecule has 1 aromatic heterocycles. The number of aromatic nitrogens is 1. The van der Waals surface area contributed by atoms with Crippen molar-refractivity contribution in [3.05, 3.63) is 42.0 Å². The molecule has 0 amide bonds. The molecule has 0 aliphatic rings. The Labute approximate surface area is 98.5 Å². The van der Waals surface area contributed by atoms with E-state index < -0.39 is 5.82 Å². The van der Waals surface area contributed by atoms with Crippen molar-refractivity contribution in [3.8, 4) is 22.6 Å². The first-order chi connectivity index (χ1) is 8.11. The first-order valence-electron chi connectivity index (χ1n) is 5.10. The topological polar surface area (TPSA) is 42.4 Å². The average Bonchev–Trinajstić information content (AvgIpc) is 2.34. The number of phenols is 1. The van der Waals surface area contributed by atoms with Gasteiger partial charge >= 0.3 is 0 Å². The van der Waals surface area contributed by atoms with Gasteiger partial charge in [0.15, 0.2) is 0 Å². The number of ether oxygens (including phenoxy) is 1. The number of phenolic OH excluding ortho intramolecular Hbond substituents is 1. The highest BCUT2D eigenvalue weighted by Gasteiger charge is 2.09. The van der Waals surface area contributed by atoms with Crippen LogP contribution in [0, 0.1) is 12.7 Å². The van der Waals surface area contributed by atoms with Crippen LogP contribution in [0.5, 0.6) is 11.5 Å². The van der Waals surface area contributed by atoms with Crippen molar-refractivity contribution in [1.82, 2.24) is 4.98 Å². The maximum absolute atomic E-state index is 13.8. The predicted molar refractivity (Wildman–Crippen MR) is 62.6 cm³/mol. The van der Waals surface area contributed by atoms with Crippen LogP contribution in [0.1, 0.15) is 5.56 Å². The SMILES string of the molecule is COc1cncc(-c2cc(O)c(C)cc2F)c1. The van der Waals surface area contributed by atoms with E-state index in [9.17, 15) is 9.50 Å². The second-order valence-electron chi connectivity index (χ2n) is 3.73. The molecule has 17 heavy (non-hydrogen) atoms. The van der Waals surface area contributed by atoms with Gasteiger partial charge in [-0.25, -0.2) is 4.39 Å². The number of hydrogen-bond donors (Lipinski definition) is 1. The summed E-state index contributed by atoms with van der Waals surface area (Å²) in [7, 11) is 1.52. The fraction of sp³-hybridized carbons (Fsp3) is 0.154. The van der Waals surface area contributed by atoms with Gasteiger partial charge in [-0.2, -0.15) is 0 Å². The van der Waals surface area contributed by atoms with Crippen LogP contribution < -0.4 is 4.74 Å². The van der Waals surface area contributed by atoms with Gasteiger partial charge in [0.25, 0.3) is 0 Å². The summed E-state index contributed by atoms with van der Waals surface area (Å²) in [6.45, 7) is 1.64. The van der Waals surface area contributed by atoms with Gasteiger partial charge in [0.05, 0.1) is 13.3 Å². The molecule has 4 heteroatoms. The van der Waals surface area contributed by atoms with Crippen molar-refractivity contribution in [2.75, 3.05) is 7.11 Å². The maximum atomic E-state index is 13.8. The normalized spacial score (nSPS) is 10.3. The summed E-state index contributed by atoms with van der Waals surface area (Å²) in [6.07, 6.45) is 3.06. The Morgan fingerprint density at radius 2 is 2.00 bits per heavy atom. The lowest BCUT2D eigenvalue weighted by Gasteiger charge is -2.07. The van der Waals surface area contributed by atoms with E-state index in [1.54, 1.807) is 13.0 Å². The number of benzene rings is 1. The fourth-order valence-corrected chi connectivity index (χ4v) is 1.56. The molecule has 0 bridgehead atoms. The van der Waals surface area contributed by atoms with Crippen molar-refractivity contribution in [2.24, 2.45) is 0 Å². The molecule has 0 radical (unpaired) electrons. The van der Waals surface area contributed by atoms with Gasteiger partial charge in [-0.3, -0.25) is 4.98 Å². The number of nitrogens with zero attached hydrogens (tertiary/aromatic N) is 1. The number of pyridine rings is 1. The van der Waals surface area contributed by atoms with Crippen LogP contribution in [-0.4, -0.2) is 17.2 Å². The molecule has 88 valence electrons. The Bertz CT molecular complexity index is 555. The Hall–Kier alpha value is -2.10. The molecule has 0 spiro atoms. The minimum absolute atomic E-state index is 0.0595. The van der Waals surface area contributed by atoms with E-state index in [2.05, 4.69) is 4.98 Å². The van der Waals surface area contributed by atoms with Gasteiger partial charge in [0.2, 0.25) is 0 Å². The zero-order chi connectivity index (χ0) is 12.4. The second kappa shape index (κ2) is 4.41. The number of aromatic hydroxyl groups is 1. The average molecular weight is 233 g/mol. The summed E-state index contributed by atoms with van der Waals surface area (Å²) in [5.74, 6) is 0.210. The monoisotopic (exact) mass is 233 g/mol. The lowest BCUT2D eigenvalue weighted by Crippen LogP contribution is -1.90. The minimum atomic E-state index is -0.393. The number of halogens is 1. The third kappa shape index (κ3) is 2.20. The van der Waals surface area contributed by atoms with Crippen molar-refractivity contribution in [3.63, 3.8) is 0 Å². The molecule has 2 rings (SSSR count). The highest BCUT2D eigenvalue weighted by atomic mass is 19.1. The van der Waals surface area contributed by atoms with Crippen LogP contribution >= 0.6 is 0 Å². The molecule has 1 aromatic carbocycles. The second-order valence-corrected chi connectivity index (χ2v) is 3.73. The molecule has 0 aliphatic heterocycles. The van der Waals surface area contributed by atoms with Crippen LogP contribution in [0.15, 0.2) is 30.6 Å². The van der Waals surface area contributed by atoms with Crippen molar-refractivity contribution in [1.29, 1.82) is 0 Å². The van der Waals surface area contributed by atoms with E-state index in [-0.39, 0.29) is 5.75 Å². The van der Waals surface area contributed by atoms with Crippen LogP contribution in [0.4, 0.5) is 4.39 Å². The number of methoxy groups -OCH3 is 1. The largest absolute Gasteiger partial charge is 0.508 e. The van der Waals surface area contributed by atoms with Crippen LogP contribution in [0.25, 0.3) is 11.1 Å². The van der Waals surface area contributed by atoms with Crippen LogP contribution in [-0.2, 0) is 0 Å². The van der Waals surface area contributed by atoms with E-state index in [4.69, 9.17) is 4.74 Å². The molecule has 0 saturated heterocycles. The van der Waals surface area contributed by atoms with Gasteiger partial charge in [-0.15, -0.1) is 0 Å². The fourth-order valence-electron chi connectivity index (χ4n) is 1.56. The highest BCUT2D eigenvalue weighted by Crippen LogP contribution is 2.30. The summed E-state index contributed by atoms with van der Waals surface area (Å²) >= 11 is 0. The number of hydrogen-bond acceptors (Lipinski definition) is 3. The van der Waals surface area contributed by atoms with Gasteiger partial charge in [-0.1, -0.05) is 0 Å². The Balaban J connectivity index is 2.56. The van der Waals surface area contributed by atoms with Crippen molar-refractivity contribution in [2.45, 2.75) is 6.92 Å². The van der Waals surface area contributed by atoms with E-state index >= 15 is 0 Å². The summed E-state index contributed by atoms with van der Waals surface area (Å²) in [4.78, 5) is 3.95. The standard InChI is InChI=1S/C13H12FNO2/c1-8-3-12(14)11(5-13(8)16)9-4-10(17-2)7-15-6-9/h3-7,16H,1-2H3. The van der Waals surface area contributed by atoms with Gasteiger partial charge < -0.3 is 9.84 Å². The molecular weight excluding hydrogens is 221 g/mol. The van der Waals surface area contributed by atoms with E-state index in [0.717, 1.165) is 0 Å². The minimum Gasteiger partial charge on any atom is -0.508 e. The summed E-state index contributed by atoms with van der Waals surface area (Å²) in [5, 5.41) is 9.59. The highest BCUT2D eigenvalue weighted by molar-refractivity contribution is 5.67. The van der Waals surface area contributed by atoms with E-state index in [1.807, 2.05) is 0 Å². The molecular formula is C13H12FNO2. The molecule has 0 fully saturated rings. The molecule has 0 saturated carbocycles. The van der Waals surface area contributed by atoms with Crippen molar-refractivity contribution < 1.29 is 14.2 Å². The quantitative estimate of drug-likeness (QED) is 0.867. The molecule has 0 unspecified atom stereocenters. The zero-order valence-corrected chi connectivity index (χ0v) is 9.57. The van der Waals surface area contributed by atoms with Gasteiger partial charge in [0.1, 0.15) is 17.3 Å². The summed E-state index contributed by atoms with van der Waals surface area (Å²) in [6, 6.07) is 4.35. The summed E-state index contributed by atoms with van der Waals surface area (Å²) < 4.78 is 18.8. The Morgan fingerprint density at radius 3 is 2.71 bits per heavy atom. The lowest BCUT2D eigenvalue weighted by molar-refractivity contribution is 0.413. The molecule has 1 heterocycles. The smallest absolute Gasteiger partial charge is 0.137 e. The Morgan fingerprint density at radius 1 is 1.24 bits per heavy atom. The molecule has 3 nitrogen and oxygen atoms in total. The lowest BCUT2D eigenvalue weighted by atomic mass is 10.0. The molecule has 0 aliphatic carbocycles. The van der Waals surface area contributed by atoms with E-state index in [0.29, 0.717) is 22.4 Å². The predicted octanol–water partition coefficient (Wildman–Crippen LogP) is 2.91. The van der Waals surface area contributed by atoms with Crippen LogP contribution in [0.2, 0.25) is 0 Å². The zero-order valence-electron chi connectivity index (χ0n) is 9.57. The van der Waals surface area contributed by atoms with E-state index in [1.165, 1.54) is 31.6 Å². The summed E-state index contributed by atoms with van der Waals surface area (Å²) in [5.41, 5.74) is 1.37. The Kier molecular flexibility index (Phi) is 2.95. The molecule has 0 atom stereocenters. The third-order valence-electron chi connectivity index (χ3n) is 2.55. The first-order valence-corrected chi connectivity index (χ1v) is 5.10. The van der Waals surface area contributed by atoms with Crippen molar-refractivity contribution >= 4 is 0 Å². The van der Waals surface area contributed by atoms with Crippen LogP contribution in [0.3, 0.4) is 0 Å². The third-order valence-corrected chi connectivity index (χ3v) is 2.55. The maximum Gasteiger partial charge on any atom is 0.137 e. The van der Waals surface area contributed by atoms with Gasteiger partial charge in [0, 0.05) is 17.3 Å². The molecule has 1 N–H and O–H groups in total. The molecule has 2 aromatic rings. The first kappa shape index (κ1) is 11.4. The van der Waals surface area contributed by atoms with Gasteiger partial charge in [-0.05, 0) is 30.7 Å².